The topological polar surface area (TPSA) is 107 Å². The number of phenolic OH excluding ortho intramolecular Hbond substituents is 1. The van der Waals surface area contributed by atoms with Crippen molar-refractivity contribution in [1.82, 2.24) is 14.7 Å². The van der Waals surface area contributed by atoms with E-state index in [4.69, 9.17) is 27.9 Å². The molecule has 46 heavy (non-hydrogen) atoms. The van der Waals surface area contributed by atoms with Crippen LogP contribution in [0.1, 0.15) is 49.7 Å². The van der Waals surface area contributed by atoms with Crippen LogP contribution in [0.25, 0.3) is 0 Å². The van der Waals surface area contributed by atoms with Gasteiger partial charge in [0.15, 0.2) is 21.2 Å². The lowest BCUT2D eigenvalue weighted by Crippen LogP contribution is -2.60. The molecule has 5 aliphatic rings. The van der Waals surface area contributed by atoms with Crippen LogP contribution in [0.4, 0.5) is 0 Å². The highest BCUT2D eigenvalue weighted by atomic mass is 35.5. The minimum absolute atomic E-state index is 0.0786. The Balaban J connectivity index is 1.22. The molecular formula is C35H37Cl2N3O6. The summed E-state index contributed by atoms with van der Waals surface area (Å²) >= 11 is 14.5. The number of hydrogen-bond donors (Lipinski definition) is 1. The molecule has 3 aliphatic heterocycles. The zero-order valence-electron chi connectivity index (χ0n) is 25.8. The average Bonchev–Trinajstić information content (AvgIpc) is 3.38. The van der Waals surface area contributed by atoms with Gasteiger partial charge in [-0.1, -0.05) is 54.1 Å². The lowest BCUT2D eigenvalue weighted by atomic mass is 9.56. The number of alkyl halides is 2. The molecule has 1 N–H and O–H groups in total. The number of ether oxygens (including phenoxy) is 1. The van der Waals surface area contributed by atoms with Gasteiger partial charge in [0.2, 0.25) is 11.8 Å². The molecule has 4 fully saturated rings. The minimum atomic E-state index is -1.96. The summed E-state index contributed by atoms with van der Waals surface area (Å²) in [4.78, 5) is 56.8. The molecule has 1 saturated carbocycles. The maximum absolute atomic E-state index is 14.4. The number of halogens is 2. The number of phenols is 1. The maximum Gasteiger partial charge on any atom is 0.253 e. The number of piperidine rings is 1. The van der Waals surface area contributed by atoms with E-state index >= 15 is 0 Å². The molecule has 0 aromatic heterocycles. The molecular weight excluding hydrogens is 629 g/mol. The van der Waals surface area contributed by atoms with Crippen molar-refractivity contribution in [3.63, 3.8) is 0 Å². The molecule has 2 aliphatic carbocycles. The largest absolute Gasteiger partial charge is 0.504 e. The van der Waals surface area contributed by atoms with Gasteiger partial charge in [0.05, 0.1) is 18.4 Å². The summed E-state index contributed by atoms with van der Waals surface area (Å²) in [5.41, 5.74) is 2.16. The molecule has 7 rings (SSSR count). The summed E-state index contributed by atoms with van der Waals surface area (Å²) in [7, 11) is 1.35. The minimum Gasteiger partial charge on any atom is -0.504 e. The van der Waals surface area contributed by atoms with E-state index in [-0.39, 0.29) is 47.8 Å². The second-order valence-electron chi connectivity index (χ2n) is 13.2. The van der Waals surface area contributed by atoms with E-state index in [9.17, 15) is 24.3 Å². The highest BCUT2D eigenvalue weighted by Crippen LogP contribution is 2.66. The van der Waals surface area contributed by atoms with E-state index in [1.165, 1.54) is 17.5 Å². The number of hydrogen-bond acceptors (Lipinski definition) is 7. The van der Waals surface area contributed by atoms with Gasteiger partial charge in [0.25, 0.3) is 11.8 Å². The number of fused-ring (bicyclic) bond motifs is 4. The van der Waals surface area contributed by atoms with Gasteiger partial charge in [-0.2, -0.15) is 0 Å². The molecule has 6 atom stereocenters. The first-order valence-corrected chi connectivity index (χ1v) is 16.8. The quantitative estimate of drug-likeness (QED) is 0.276. The van der Waals surface area contributed by atoms with Crippen LogP contribution in [0.2, 0.25) is 0 Å². The Bertz CT molecular complexity index is 1640. The van der Waals surface area contributed by atoms with Crippen LogP contribution in [0.15, 0.2) is 60.2 Å². The SMILES string of the molecule is CCOc1cccc(C2C3=CCC4C(=O)N(C5CCN(Cc6ccccc6)CC5)C(=O)C4C3CC3(Cl)C(=O)N(C)C(=O)C23Cl)c1O. The van der Waals surface area contributed by atoms with Crippen molar-refractivity contribution < 1.29 is 29.0 Å². The molecule has 0 spiro atoms. The number of carbonyl (C=O) groups excluding carboxylic acids is 4. The van der Waals surface area contributed by atoms with Crippen molar-refractivity contribution >= 4 is 46.8 Å². The molecule has 0 radical (unpaired) electrons. The molecule has 2 aromatic carbocycles. The number of para-hydroxylation sites is 1. The molecule has 2 aromatic rings. The third kappa shape index (κ3) is 4.38. The third-order valence-electron chi connectivity index (χ3n) is 10.9. The summed E-state index contributed by atoms with van der Waals surface area (Å²) in [6.45, 7) is 4.42. The van der Waals surface area contributed by atoms with Crippen LogP contribution < -0.4 is 4.74 Å². The summed E-state index contributed by atoms with van der Waals surface area (Å²) in [6, 6.07) is 15.0. The number of allylic oxidation sites excluding steroid dienone is 2. The Morgan fingerprint density at radius 3 is 2.35 bits per heavy atom. The summed E-state index contributed by atoms with van der Waals surface area (Å²) in [5, 5.41) is 11.4. The van der Waals surface area contributed by atoms with Crippen molar-refractivity contribution in [3.05, 3.63) is 71.3 Å². The predicted octanol–water partition coefficient (Wildman–Crippen LogP) is 4.44. The van der Waals surface area contributed by atoms with Crippen LogP contribution in [0.3, 0.4) is 0 Å². The summed E-state index contributed by atoms with van der Waals surface area (Å²) in [6.07, 6.45) is 3.45. The van der Waals surface area contributed by atoms with E-state index in [0.717, 1.165) is 24.5 Å². The number of nitrogens with zero attached hydrogens (tertiary/aromatic N) is 3. The molecule has 9 nitrogen and oxygen atoms in total. The fourth-order valence-electron chi connectivity index (χ4n) is 8.70. The first-order valence-electron chi connectivity index (χ1n) is 16.0. The molecule has 0 bridgehead atoms. The Morgan fingerprint density at radius 2 is 1.65 bits per heavy atom. The monoisotopic (exact) mass is 665 g/mol. The zero-order valence-corrected chi connectivity index (χ0v) is 27.3. The van der Waals surface area contributed by atoms with Crippen molar-refractivity contribution in [1.29, 1.82) is 0 Å². The molecule has 11 heteroatoms. The molecule has 242 valence electrons. The molecule has 3 heterocycles. The van der Waals surface area contributed by atoms with Gasteiger partial charge >= 0.3 is 0 Å². The number of rotatable bonds is 6. The molecule has 3 saturated heterocycles. The fraction of sp³-hybridized carbons (Fsp3) is 0.486. The zero-order chi connectivity index (χ0) is 32.5. The standard InChI is InChI=1S/C35H37Cl2N3O6/c1-3-46-26-11-7-10-24(29(26)41)28-22-12-13-23-27(25(22)18-34(36)32(44)38(2)33(45)35(28,34)37)31(43)40(30(23)42)21-14-16-39(17-15-21)19-20-8-5-4-6-9-20/h4-12,21,23,25,27-28,41H,3,13-19H2,1-2H3. The van der Waals surface area contributed by atoms with Crippen LogP contribution in [0, 0.1) is 17.8 Å². The van der Waals surface area contributed by atoms with E-state index in [1.807, 2.05) is 24.3 Å². The van der Waals surface area contributed by atoms with Crippen LogP contribution in [-0.4, -0.2) is 86.0 Å². The number of amides is 4. The van der Waals surface area contributed by atoms with Crippen LogP contribution in [0.5, 0.6) is 11.5 Å². The average molecular weight is 667 g/mol. The normalized spacial score (nSPS) is 33.2. The third-order valence-corrected chi connectivity index (χ3v) is 12.3. The second kappa shape index (κ2) is 11.4. The van der Waals surface area contributed by atoms with E-state index in [2.05, 4.69) is 17.0 Å². The van der Waals surface area contributed by atoms with Gasteiger partial charge in [-0.3, -0.25) is 33.9 Å². The highest BCUT2D eigenvalue weighted by Gasteiger charge is 2.76. The van der Waals surface area contributed by atoms with Crippen molar-refractivity contribution in [2.24, 2.45) is 17.8 Å². The maximum atomic E-state index is 14.4. The Kier molecular flexibility index (Phi) is 7.73. The number of aromatic hydroxyl groups is 1. The van der Waals surface area contributed by atoms with Gasteiger partial charge in [-0.15, -0.1) is 23.2 Å². The van der Waals surface area contributed by atoms with Crippen molar-refractivity contribution in [3.8, 4) is 11.5 Å². The van der Waals surface area contributed by atoms with Gasteiger partial charge in [-0.25, -0.2) is 0 Å². The predicted molar refractivity (Wildman–Crippen MR) is 171 cm³/mol. The van der Waals surface area contributed by atoms with Gasteiger partial charge < -0.3 is 9.84 Å². The van der Waals surface area contributed by atoms with Crippen LogP contribution >= 0.6 is 23.2 Å². The number of benzene rings is 2. The van der Waals surface area contributed by atoms with E-state index < -0.39 is 45.2 Å². The van der Waals surface area contributed by atoms with Gasteiger partial charge in [0, 0.05) is 44.2 Å². The first kappa shape index (κ1) is 31.2. The Labute approximate surface area is 278 Å². The smallest absolute Gasteiger partial charge is 0.253 e. The lowest BCUT2D eigenvalue weighted by Gasteiger charge is -2.50. The van der Waals surface area contributed by atoms with Gasteiger partial charge in [0.1, 0.15) is 0 Å². The fourth-order valence-corrected chi connectivity index (χ4v) is 9.71. The Hall–Kier alpha value is -3.40. The summed E-state index contributed by atoms with van der Waals surface area (Å²) < 4.78 is 5.65. The lowest BCUT2D eigenvalue weighted by molar-refractivity contribution is -0.144. The summed E-state index contributed by atoms with van der Waals surface area (Å²) in [5.74, 6) is -4.78. The van der Waals surface area contributed by atoms with Crippen molar-refractivity contribution in [2.45, 2.75) is 60.9 Å². The number of likely N-dealkylation sites (tertiary alicyclic amines) is 3. The van der Waals surface area contributed by atoms with E-state index in [0.29, 0.717) is 25.0 Å². The Morgan fingerprint density at radius 1 is 0.935 bits per heavy atom. The number of carbonyl (C=O) groups is 4. The molecule has 6 unspecified atom stereocenters. The van der Waals surface area contributed by atoms with Gasteiger partial charge in [-0.05, 0) is 50.2 Å². The van der Waals surface area contributed by atoms with E-state index in [1.54, 1.807) is 25.1 Å². The highest BCUT2D eigenvalue weighted by molar-refractivity contribution is 6.53. The first-order chi connectivity index (χ1) is 22.0. The number of imide groups is 2. The second-order valence-corrected chi connectivity index (χ2v) is 14.4. The van der Waals surface area contributed by atoms with Crippen molar-refractivity contribution in [2.75, 3.05) is 26.7 Å². The molecule has 4 amide bonds. The van der Waals surface area contributed by atoms with Crippen LogP contribution in [-0.2, 0) is 25.7 Å².